The Labute approximate surface area is 351 Å². The summed E-state index contributed by atoms with van der Waals surface area (Å²) in [7, 11) is 0. The molecule has 0 amide bonds. The maximum Gasteiger partial charge on any atom is 0.160 e. The van der Waals surface area contributed by atoms with Crippen LogP contribution in [-0.4, -0.2) is 9.97 Å². The van der Waals surface area contributed by atoms with Gasteiger partial charge in [0.15, 0.2) is 5.82 Å². The molecular weight excluding hydrogens is 725 g/mol. The fourth-order valence-corrected chi connectivity index (χ4v) is 12.9. The Kier molecular flexibility index (Phi) is 7.52. The maximum atomic E-state index is 5.27. The minimum absolute atomic E-state index is 0.0988. The summed E-state index contributed by atoms with van der Waals surface area (Å²) >= 11 is 0. The highest BCUT2D eigenvalue weighted by Crippen LogP contribution is 2.70. The van der Waals surface area contributed by atoms with Gasteiger partial charge < -0.3 is 0 Å². The number of rotatable bonds is 5. The monoisotopic (exact) mass is 768 g/mol. The number of fused-ring (bicyclic) bond motifs is 5. The van der Waals surface area contributed by atoms with Gasteiger partial charge in [0.25, 0.3) is 0 Å². The van der Waals surface area contributed by atoms with Crippen molar-refractivity contribution in [2.24, 2.45) is 23.7 Å². The summed E-state index contributed by atoms with van der Waals surface area (Å²) in [4.78, 5) is 10.4. The number of hydrogen-bond donors (Lipinski definition) is 0. The third-order valence-corrected chi connectivity index (χ3v) is 15.1. The summed E-state index contributed by atoms with van der Waals surface area (Å²) in [5.41, 5.74) is 16.3. The first-order chi connectivity index (χ1) is 29.7. The average Bonchev–Trinajstić information content (AvgIpc) is 3.59. The SMILES string of the molecule is c1ccc(-c2cc(-c3ccccc3-c3ccc(-c4cccc5c4-c4cc6ccccc6cc4C54C5CC6CC(C5)CC4C6)c4ccccc34)nc(-c3ccccc3)n2)cc1. The van der Waals surface area contributed by atoms with E-state index in [2.05, 4.69) is 176 Å². The molecule has 0 saturated heterocycles. The van der Waals surface area contributed by atoms with E-state index in [4.69, 9.17) is 9.97 Å². The van der Waals surface area contributed by atoms with Crippen molar-refractivity contribution in [1.29, 1.82) is 0 Å². The number of hydrogen-bond acceptors (Lipinski definition) is 2. The molecule has 1 spiro atoms. The second kappa shape index (κ2) is 13.2. The summed E-state index contributed by atoms with van der Waals surface area (Å²) in [6.45, 7) is 0. The van der Waals surface area contributed by atoms with E-state index in [9.17, 15) is 0 Å². The van der Waals surface area contributed by atoms with Gasteiger partial charge in [-0.05, 0) is 140 Å². The third kappa shape index (κ3) is 5.00. The highest BCUT2D eigenvalue weighted by molar-refractivity contribution is 6.10. The van der Waals surface area contributed by atoms with Crippen LogP contribution in [0, 0.1) is 23.7 Å². The van der Waals surface area contributed by atoms with E-state index in [1.165, 1.54) is 87.0 Å². The number of nitrogens with zero attached hydrogens (tertiary/aromatic N) is 2. The second-order valence-corrected chi connectivity index (χ2v) is 18.1. The van der Waals surface area contributed by atoms with Crippen LogP contribution in [0.1, 0.15) is 43.2 Å². The Balaban J connectivity index is 1.01. The maximum absolute atomic E-state index is 5.27. The lowest BCUT2D eigenvalue weighted by molar-refractivity contribution is -0.0398. The molecule has 1 aromatic heterocycles. The molecule has 14 rings (SSSR count). The predicted octanol–water partition coefficient (Wildman–Crippen LogP) is 14.8. The lowest BCUT2D eigenvalue weighted by atomic mass is 9.43. The van der Waals surface area contributed by atoms with Crippen LogP contribution in [0.15, 0.2) is 182 Å². The van der Waals surface area contributed by atoms with E-state index in [1.54, 1.807) is 11.1 Å². The minimum Gasteiger partial charge on any atom is -0.228 e. The van der Waals surface area contributed by atoms with E-state index in [0.29, 0.717) is 11.8 Å². The summed E-state index contributed by atoms with van der Waals surface area (Å²) < 4.78 is 0. The van der Waals surface area contributed by atoms with Crippen molar-refractivity contribution in [2.75, 3.05) is 0 Å². The van der Waals surface area contributed by atoms with E-state index < -0.39 is 0 Å². The van der Waals surface area contributed by atoms with Crippen LogP contribution in [0.5, 0.6) is 0 Å². The zero-order chi connectivity index (χ0) is 39.4. The van der Waals surface area contributed by atoms with Crippen molar-refractivity contribution in [3.63, 3.8) is 0 Å². The first-order valence-corrected chi connectivity index (χ1v) is 22.0. The Bertz CT molecular complexity index is 3080. The molecule has 9 aromatic rings. The van der Waals surface area contributed by atoms with Crippen molar-refractivity contribution in [3.05, 3.63) is 193 Å². The minimum atomic E-state index is 0.0988. The van der Waals surface area contributed by atoms with E-state index in [0.717, 1.165) is 45.7 Å². The van der Waals surface area contributed by atoms with Gasteiger partial charge in [0, 0.05) is 22.1 Å². The Morgan fingerprint density at radius 1 is 0.367 bits per heavy atom. The summed E-state index contributed by atoms with van der Waals surface area (Å²) in [5, 5.41) is 5.25. The molecule has 0 atom stereocenters. The molecule has 0 N–H and O–H groups in total. The highest BCUT2D eigenvalue weighted by atomic mass is 14.9. The lowest BCUT2D eigenvalue weighted by Gasteiger charge is -2.61. The van der Waals surface area contributed by atoms with Crippen LogP contribution < -0.4 is 0 Å². The quantitative estimate of drug-likeness (QED) is 0.174. The molecule has 0 radical (unpaired) electrons. The Hall–Kier alpha value is -6.64. The second-order valence-electron chi connectivity index (χ2n) is 18.1. The molecule has 5 aliphatic rings. The van der Waals surface area contributed by atoms with Crippen molar-refractivity contribution in [3.8, 4) is 67.3 Å². The van der Waals surface area contributed by atoms with Gasteiger partial charge >= 0.3 is 0 Å². The molecule has 0 unspecified atom stereocenters. The third-order valence-electron chi connectivity index (χ3n) is 15.1. The number of benzene rings is 8. The summed E-state index contributed by atoms with van der Waals surface area (Å²) in [6.07, 6.45) is 6.98. The molecule has 8 aromatic carbocycles. The molecule has 4 fully saturated rings. The number of aromatic nitrogens is 2. The molecule has 4 bridgehead atoms. The van der Waals surface area contributed by atoms with Crippen molar-refractivity contribution < 1.29 is 0 Å². The topological polar surface area (TPSA) is 25.8 Å². The van der Waals surface area contributed by atoms with Crippen LogP contribution in [0.4, 0.5) is 0 Å². The van der Waals surface area contributed by atoms with Gasteiger partial charge in [-0.3, -0.25) is 0 Å². The average molecular weight is 769 g/mol. The van der Waals surface area contributed by atoms with Crippen molar-refractivity contribution in [1.82, 2.24) is 9.97 Å². The van der Waals surface area contributed by atoms with Crippen LogP contribution in [-0.2, 0) is 5.41 Å². The zero-order valence-electron chi connectivity index (χ0n) is 33.6. The van der Waals surface area contributed by atoms with Gasteiger partial charge in [-0.2, -0.15) is 0 Å². The van der Waals surface area contributed by atoms with Gasteiger partial charge in [-0.15, -0.1) is 0 Å². The molecule has 286 valence electrons. The van der Waals surface area contributed by atoms with Crippen LogP contribution in [0.3, 0.4) is 0 Å². The van der Waals surface area contributed by atoms with Crippen molar-refractivity contribution >= 4 is 21.5 Å². The van der Waals surface area contributed by atoms with E-state index in [1.807, 2.05) is 6.07 Å². The fraction of sp³-hybridized carbons (Fsp3) is 0.172. The van der Waals surface area contributed by atoms with Crippen LogP contribution in [0.2, 0.25) is 0 Å². The fourth-order valence-electron chi connectivity index (χ4n) is 12.9. The molecule has 4 saturated carbocycles. The first-order valence-electron chi connectivity index (χ1n) is 22.0. The van der Waals surface area contributed by atoms with Gasteiger partial charge in [0.2, 0.25) is 0 Å². The largest absolute Gasteiger partial charge is 0.228 e. The van der Waals surface area contributed by atoms with Crippen molar-refractivity contribution in [2.45, 2.75) is 37.5 Å². The molecule has 2 nitrogen and oxygen atoms in total. The smallest absolute Gasteiger partial charge is 0.160 e. The standard InChI is InChI=1S/C58H44N2/c1-3-14-38(15-4-1)54-35-55(60-57(59-54)39-16-5-2-6-17-39)49-23-12-11-22-46(49)47-26-27-48(45-21-10-9-20-44(45)47)50-24-13-25-52-56(50)51-33-40-18-7-8-19-41(40)34-53(51)58(52)42-29-36-28-37(31-42)32-43(58)30-36/h1-27,33-37,42-43H,28-32H2. The highest BCUT2D eigenvalue weighted by Gasteiger charge is 2.61. The molecule has 0 aliphatic heterocycles. The van der Waals surface area contributed by atoms with Crippen LogP contribution >= 0.6 is 0 Å². The predicted molar refractivity (Wildman–Crippen MR) is 247 cm³/mol. The molecule has 1 heterocycles. The lowest BCUT2D eigenvalue weighted by Crippen LogP contribution is -2.55. The van der Waals surface area contributed by atoms with E-state index in [-0.39, 0.29) is 5.41 Å². The van der Waals surface area contributed by atoms with Gasteiger partial charge in [0.05, 0.1) is 11.4 Å². The molecule has 2 heteroatoms. The molecule has 5 aliphatic carbocycles. The van der Waals surface area contributed by atoms with Crippen LogP contribution in [0.25, 0.3) is 88.8 Å². The van der Waals surface area contributed by atoms with E-state index >= 15 is 0 Å². The molecular formula is C58H44N2. The zero-order valence-corrected chi connectivity index (χ0v) is 33.6. The summed E-state index contributed by atoms with van der Waals surface area (Å²) in [6, 6.07) is 67.2. The van der Waals surface area contributed by atoms with Gasteiger partial charge in [-0.1, -0.05) is 164 Å². The Morgan fingerprint density at radius 2 is 0.917 bits per heavy atom. The summed E-state index contributed by atoms with van der Waals surface area (Å²) in [5.74, 6) is 3.97. The Morgan fingerprint density at radius 3 is 1.62 bits per heavy atom. The normalized spacial score (nSPS) is 22.1. The first kappa shape index (κ1) is 34.2. The van der Waals surface area contributed by atoms with Gasteiger partial charge in [-0.25, -0.2) is 9.97 Å². The van der Waals surface area contributed by atoms with Gasteiger partial charge in [0.1, 0.15) is 0 Å². The molecule has 60 heavy (non-hydrogen) atoms.